The maximum absolute atomic E-state index is 12.8. The molecule has 1 heterocycles. The molecule has 1 unspecified atom stereocenters. The number of nitrogens with zero attached hydrogens (tertiary/aromatic N) is 1. The van der Waals surface area contributed by atoms with E-state index in [2.05, 4.69) is 24.4 Å². The fraction of sp³-hybridized carbons (Fsp3) is 0.588. The smallest absolute Gasteiger partial charge is 0.244 e. The largest absolute Gasteiger partial charge is 0.496 e. The lowest BCUT2D eigenvalue weighted by molar-refractivity contribution is -0.133. The van der Waals surface area contributed by atoms with E-state index >= 15 is 0 Å². The molecule has 0 radical (unpaired) electrons. The third-order valence-electron chi connectivity index (χ3n) is 4.93. The van der Waals surface area contributed by atoms with Crippen molar-refractivity contribution in [3.63, 3.8) is 0 Å². The van der Waals surface area contributed by atoms with Crippen molar-refractivity contribution in [2.45, 2.75) is 51.2 Å². The van der Waals surface area contributed by atoms with E-state index in [-0.39, 0.29) is 17.6 Å². The fourth-order valence-corrected chi connectivity index (χ4v) is 3.79. The van der Waals surface area contributed by atoms with Crippen molar-refractivity contribution < 1.29 is 9.53 Å². The van der Waals surface area contributed by atoms with E-state index in [1.54, 1.807) is 7.11 Å². The second-order valence-electron chi connectivity index (χ2n) is 6.16. The van der Waals surface area contributed by atoms with Gasteiger partial charge in [-0.25, -0.2) is 0 Å². The number of carbonyl (C=O) groups is 1. The van der Waals surface area contributed by atoms with Gasteiger partial charge in [-0.05, 0) is 49.9 Å². The third-order valence-corrected chi connectivity index (χ3v) is 4.93. The van der Waals surface area contributed by atoms with Crippen LogP contribution in [0.25, 0.3) is 0 Å². The Balaban J connectivity index is 1.94. The molecule has 1 amide bonds. The van der Waals surface area contributed by atoms with Crippen LogP contribution >= 0.6 is 0 Å². The predicted octanol–water partition coefficient (Wildman–Crippen LogP) is 2.77. The van der Waals surface area contributed by atoms with Gasteiger partial charge in [0.15, 0.2) is 0 Å². The molecule has 0 aromatic heterocycles. The van der Waals surface area contributed by atoms with E-state index < -0.39 is 0 Å². The molecule has 4 nitrogen and oxygen atoms in total. The van der Waals surface area contributed by atoms with Crippen molar-refractivity contribution in [3.8, 4) is 5.75 Å². The summed E-state index contributed by atoms with van der Waals surface area (Å²) in [6.07, 6.45) is 4.21. The molecule has 1 aliphatic carbocycles. The fourth-order valence-electron chi connectivity index (χ4n) is 3.79. The maximum atomic E-state index is 12.8. The Morgan fingerprint density at radius 3 is 2.67 bits per heavy atom. The van der Waals surface area contributed by atoms with E-state index in [9.17, 15) is 4.79 Å². The molecule has 1 saturated carbocycles. The van der Waals surface area contributed by atoms with Crippen molar-refractivity contribution in [1.82, 2.24) is 10.2 Å². The summed E-state index contributed by atoms with van der Waals surface area (Å²) in [6, 6.07) is 6.18. The highest BCUT2D eigenvalue weighted by molar-refractivity contribution is 5.89. The standard InChI is InChI=1S/C17H24N2O2/c1-4-19-15(13-7-8-14(21-3)12(2)11-13)18-17(16(19)20)9-5-6-10-17/h7-8,11,15,18H,4-6,9-10H2,1-3H3. The summed E-state index contributed by atoms with van der Waals surface area (Å²) >= 11 is 0. The molecule has 2 aliphatic rings. The molecular weight excluding hydrogens is 264 g/mol. The van der Waals surface area contributed by atoms with Crippen LogP contribution in [0.15, 0.2) is 18.2 Å². The van der Waals surface area contributed by atoms with E-state index in [1.807, 2.05) is 17.9 Å². The monoisotopic (exact) mass is 288 g/mol. The minimum absolute atomic E-state index is 0.00907. The van der Waals surface area contributed by atoms with Crippen molar-refractivity contribution in [2.24, 2.45) is 0 Å². The predicted molar refractivity (Wildman–Crippen MR) is 82.2 cm³/mol. The Labute approximate surface area is 126 Å². The Kier molecular flexibility index (Phi) is 3.66. The second kappa shape index (κ2) is 5.34. The van der Waals surface area contributed by atoms with Crippen LogP contribution in [0.5, 0.6) is 5.75 Å². The highest BCUT2D eigenvalue weighted by atomic mass is 16.5. The van der Waals surface area contributed by atoms with Gasteiger partial charge in [-0.1, -0.05) is 18.9 Å². The highest BCUT2D eigenvalue weighted by Crippen LogP contribution is 2.41. The van der Waals surface area contributed by atoms with Crippen LogP contribution in [0.4, 0.5) is 0 Å². The second-order valence-corrected chi connectivity index (χ2v) is 6.16. The molecule has 1 saturated heterocycles. The summed E-state index contributed by atoms with van der Waals surface area (Å²) in [5.74, 6) is 1.17. The highest BCUT2D eigenvalue weighted by Gasteiger charge is 2.52. The van der Waals surface area contributed by atoms with Crippen LogP contribution in [0, 0.1) is 6.92 Å². The third kappa shape index (κ3) is 2.22. The van der Waals surface area contributed by atoms with Gasteiger partial charge in [-0.2, -0.15) is 0 Å². The molecule has 1 atom stereocenters. The topological polar surface area (TPSA) is 41.6 Å². The van der Waals surface area contributed by atoms with Gasteiger partial charge in [0.05, 0.1) is 12.6 Å². The summed E-state index contributed by atoms with van der Waals surface area (Å²) in [4.78, 5) is 14.8. The Bertz CT molecular complexity index is 550. The average Bonchev–Trinajstić information content (AvgIpc) is 3.06. The first-order valence-electron chi connectivity index (χ1n) is 7.84. The normalized spacial score (nSPS) is 24.0. The van der Waals surface area contributed by atoms with Gasteiger partial charge >= 0.3 is 0 Å². The minimum Gasteiger partial charge on any atom is -0.496 e. The summed E-state index contributed by atoms with van der Waals surface area (Å²) in [5, 5.41) is 3.63. The van der Waals surface area contributed by atoms with Crippen LogP contribution < -0.4 is 10.1 Å². The van der Waals surface area contributed by atoms with E-state index in [0.717, 1.165) is 49.1 Å². The molecule has 1 aliphatic heterocycles. The van der Waals surface area contributed by atoms with Crippen molar-refractivity contribution in [3.05, 3.63) is 29.3 Å². The Morgan fingerprint density at radius 2 is 2.10 bits per heavy atom. The van der Waals surface area contributed by atoms with Gasteiger partial charge in [0.1, 0.15) is 11.9 Å². The SMILES string of the molecule is CCN1C(=O)C2(CCCC2)NC1c1ccc(OC)c(C)c1. The molecule has 1 aromatic rings. The summed E-state index contributed by atoms with van der Waals surface area (Å²) in [7, 11) is 1.69. The molecular formula is C17H24N2O2. The molecule has 1 spiro atoms. The van der Waals surface area contributed by atoms with Crippen LogP contribution in [0.3, 0.4) is 0 Å². The number of benzene rings is 1. The van der Waals surface area contributed by atoms with Crippen LogP contribution in [-0.2, 0) is 4.79 Å². The first-order valence-corrected chi connectivity index (χ1v) is 7.84. The van der Waals surface area contributed by atoms with Crippen molar-refractivity contribution >= 4 is 5.91 Å². The van der Waals surface area contributed by atoms with Gasteiger partial charge in [0.2, 0.25) is 5.91 Å². The number of amides is 1. The van der Waals surface area contributed by atoms with E-state index in [4.69, 9.17) is 4.74 Å². The van der Waals surface area contributed by atoms with Crippen LogP contribution in [-0.4, -0.2) is 30.0 Å². The molecule has 21 heavy (non-hydrogen) atoms. The lowest BCUT2D eigenvalue weighted by Crippen LogP contribution is -2.44. The van der Waals surface area contributed by atoms with Crippen molar-refractivity contribution in [1.29, 1.82) is 0 Å². The lowest BCUT2D eigenvalue weighted by atomic mass is 9.98. The molecule has 1 N–H and O–H groups in total. The maximum Gasteiger partial charge on any atom is 0.244 e. The first kappa shape index (κ1) is 14.4. The molecule has 2 fully saturated rings. The number of hydrogen-bond donors (Lipinski definition) is 1. The van der Waals surface area contributed by atoms with Gasteiger partial charge in [-0.3, -0.25) is 10.1 Å². The van der Waals surface area contributed by atoms with Crippen LogP contribution in [0.2, 0.25) is 0 Å². The number of rotatable bonds is 3. The summed E-state index contributed by atoms with van der Waals surface area (Å²) in [5.41, 5.74) is 1.94. The number of hydrogen-bond acceptors (Lipinski definition) is 3. The number of carbonyl (C=O) groups excluding carboxylic acids is 1. The average molecular weight is 288 g/mol. The zero-order chi connectivity index (χ0) is 15.0. The molecule has 1 aromatic carbocycles. The molecule has 3 rings (SSSR count). The van der Waals surface area contributed by atoms with E-state index in [1.165, 1.54) is 0 Å². The molecule has 0 bridgehead atoms. The van der Waals surface area contributed by atoms with Gasteiger partial charge in [0, 0.05) is 6.54 Å². The zero-order valence-electron chi connectivity index (χ0n) is 13.1. The number of ether oxygens (including phenoxy) is 1. The first-order chi connectivity index (χ1) is 10.1. The molecule has 114 valence electrons. The lowest BCUT2D eigenvalue weighted by Gasteiger charge is -2.23. The summed E-state index contributed by atoms with van der Waals surface area (Å²) in [6.45, 7) is 4.83. The van der Waals surface area contributed by atoms with Gasteiger partial charge in [-0.15, -0.1) is 0 Å². The minimum atomic E-state index is -0.311. The number of nitrogens with one attached hydrogen (secondary N) is 1. The van der Waals surface area contributed by atoms with Crippen molar-refractivity contribution in [2.75, 3.05) is 13.7 Å². The number of aryl methyl sites for hydroxylation is 1. The van der Waals surface area contributed by atoms with Gasteiger partial charge in [0.25, 0.3) is 0 Å². The van der Waals surface area contributed by atoms with E-state index in [0.29, 0.717) is 0 Å². The van der Waals surface area contributed by atoms with Gasteiger partial charge < -0.3 is 9.64 Å². The quantitative estimate of drug-likeness (QED) is 0.930. The summed E-state index contributed by atoms with van der Waals surface area (Å²) < 4.78 is 5.33. The Morgan fingerprint density at radius 1 is 1.38 bits per heavy atom. The Hall–Kier alpha value is -1.55. The number of methoxy groups -OCH3 is 1. The molecule has 4 heteroatoms. The zero-order valence-corrected chi connectivity index (χ0v) is 13.1. The number of likely N-dealkylation sites (N-methyl/N-ethyl adjacent to an activating group) is 1. The van der Waals surface area contributed by atoms with Crippen LogP contribution in [0.1, 0.15) is 49.9 Å².